The number of nitrogens with zero attached hydrogens (tertiary/aromatic N) is 1. The fourth-order valence-corrected chi connectivity index (χ4v) is 1.23. The normalized spacial score (nSPS) is 11.4. The second-order valence-corrected chi connectivity index (χ2v) is 2.91. The maximum absolute atomic E-state index is 11.9. The van der Waals surface area contributed by atoms with Crippen LogP contribution in [0.1, 0.15) is 16.3 Å². The second-order valence-electron chi connectivity index (χ2n) is 2.91. The zero-order valence-corrected chi connectivity index (χ0v) is 8.54. The molecule has 0 aliphatic carbocycles. The zero-order chi connectivity index (χ0) is 11.4. The molecule has 0 aliphatic heterocycles. The van der Waals surface area contributed by atoms with Gasteiger partial charge in [0.05, 0.1) is 12.5 Å². The largest absolute Gasteiger partial charge is 0.462 e. The maximum atomic E-state index is 11.9. The first kappa shape index (κ1) is 10.2. The predicted molar refractivity (Wildman–Crippen MR) is 55.3 cm³/mol. The van der Waals surface area contributed by atoms with Crippen LogP contribution in [0.5, 0.6) is 0 Å². The topological polar surface area (TPSA) is 64.9 Å². The Hall–Kier alpha value is -2.30. The van der Waals surface area contributed by atoms with E-state index in [0.29, 0.717) is 5.76 Å². The van der Waals surface area contributed by atoms with Crippen molar-refractivity contribution >= 4 is 11.5 Å². The minimum absolute atomic E-state index is 0.0717. The van der Waals surface area contributed by atoms with Crippen molar-refractivity contribution in [3.8, 4) is 0 Å². The highest BCUT2D eigenvalue weighted by Gasteiger charge is 2.21. The highest BCUT2D eigenvalue weighted by atomic mass is 16.6. The molecule has 5 heteroatoms. The number of furan rings is 2. The Morgan fingerprint density at radius 3 is 2.31 bits per heavy atom. The minimum atomic E-state index is -0.387. The molecule has 2 heterocycles. The van der Waals surface area contributed by atoms with Gasteiger partial charge in [-0.05, 0) is 24.3 Å². The van der Waals surface area contributed by atoms with E-state index < -0.39 is 0 Å². The Morgan fingerprint density at radius 1 is 1.19 bits per heavy atom. The van der Waals surface area contributed by atoms with Gasteiger partial charge in [0.15, 0.2) is 17.2 Å². The SMILES string of the molecule is CON=C(C(=O)c1ccco1)c1ccco1. The molecule has 82 valence electrons. The third kappa shape index (κ3) is 1.88. The Balaban J connectivity index is 2.35. The van der Waals surface area contributed by atoms with Crippen LogP contribution < -0.4 is 0 Å². The fraction of sp³-hybridized carbons (Fsp3) is 0.0909. The van der Waals surface area contributed by atoms with Crippen LogP contribution in [0, 0.1) is 0 Å². The molecule has 16 heavy (non-hydrogen) atoms. The summed E-state index contributed by atoms with van der Waals surface area (Å²) in [6.07, 6.45) is 2.87. The van der Waals surface area contributed by atoms with E-state index in [1.165, 1.54) is 19.6 Å². The van der Waals surface area contributed by atoms with E-state index in [1.807, 2.05) is 0 Å². The number of rotatable bonds is 4. The van der Waals surface area contributed by atoms with Gasteiger partial charge in [-0.15, -0.1) is 0 Å². The molecule has 0 saturated carbocycles. The van der Waals surface area contributed by atoms with Crippen LogP contribution >= 0.6 is 0 Å². The first-order valence-corrected chi connectivity index (χ1v) is 4.56. The van der Waals surface area contributed by atoms with Crippen LogP contribution in [0.25, 0.3) is 0 Å². The van der Waals surface area contributed by atoms with E-state index in [0.717, 1.165) is 0 Å². The number of hydrogen-bond donors (Lipinski definition) is 0. The average molecular weight is 219 g/mol. The van der Waals surface area contributed by atoms with Gasteiger partial charge in [-0.2, -0.15) is 0 Å². The van der Waals surface area contributed by atoms with Gasteiger partial charge in [-0.1, -0.05) is 5.16 Å². The van der Waals surface area contributed by atoms with E-state index in [1.54, 1.807) is 24.3 Å². The highest BCUT2D eigenvalue weighted by molar-refractivity contribution is 6.50. The number of carbonyl (C=O) groups is 1. The molecule has 2 rings (SSSR count). The summed E-state index contributed by atoms with van der Waals surface area (Å²) in [7, 11) is 1.36. The van der Waals surface area contributed by atoms with Gasteiger partial charge in [0, 0.05) is 0 Å². The van der Waals surface area contributed by atoms with Gasteiger partial charge in [-0.3, -0.25) is 4.79 Å². The van der Waals surface area contributed by atoms with Crippen molar-refractivity contribution in [2.75, 3.05) is 7.11 Å². The van der Waals surface area contributed by atoms with Crippen LogP contribution in [0.4, 0.5) is 0 Å². The molecular formula is C11H9NO4. The number of hydrogen-bond acceptors (Lipinski definition) is 5. The number of Topliss-reactive ketones (excluding diaryl/α,β-unsaturated/α-hetero) is 1. The third-order valence-electron chi connectivity index (χ3n) is 1.90. The van der Waals surface area contributed by atoms with Gasteiger partial charge < -0.3 is 13.7 Å². The Labute approximate surface area is 91.3 Å². The standard InChI is InChI=1S/C11H9NO4/c1-14-12-10(8-4-2-6-15-8)11(13)9-5-3-7-16-9/h2-7H,1H3. The van der Waals surface area contributed by atoms with Crippen LogP contribution in [-0.2, 0) is 4.84 Å². The summed E-state index contributed by atoms with van der Waals surface area (Å²) in [5.41, 5.74) is 0.0717. The van der Waals surface area contributed by atoms with Crippen molar-refractivity contribution in [1.29, 1.82) is 0 Å². The number of oxime groups is 1. The molecular weight excluding hydrogens is 210 g/mol. The quantitative estimate of drug-likeness (QED) is 0.448. The predicted octanol–water partition coefficient (Wildman–Crippen LogP) is 2.11. The Kier molecular flexibility index (Phi) is 2.86. The van der Waals surface area contributed by atoms with E-state index in [2.05, 4.69) is 9.99 Å². The first-order valence-electron chi connectivity index (χ1n) is 4.56. The molecule has 5 nitrogen and oxygen atoms in total. The summed E-state index contributed by atoms with van der Waals surface area (Å²) in [5.74, 6) is 0.136. The maximum Gasteiger partial charge on any atom is 0.253 e. The molecule has 2 aromatic heterocycles. The van der Waals surface area contributed by atoms with Gasteiger partial charge in [-0.25, -0.2) is 0 Å². The number of carbonyl (C=O) groups excluding carboxylic acids is 1. The van der Waals surface area contributed by atoms with Crippen molar-refractivity contribution in [3.05, 3.63) is 48.3 Å². The second kappa shape index (κ2) is 4.48. The third-order valence-corrected chi connectivity index (χ3v) is 1.90. The molecule has 0 N–H and O–H groups in total. The highest BCUT2D eigenvalue weighted by Crippen LogP contribution is 2.10. The summed E-state index contributed by atoms with van der Waals surface area (Å²) in [6.45, 7) is 0. The van der Waals surface area contributed by atoms with Crippen LogP contribution in [0.2, 0.25) is 0 Å². The summed E-state index contributed by atoms with van der Waals surface area (Å²) in [4.78, 5) is 16.5. The molecule has 0 fully saturated rings. The molecule has 2 aromatic rings. The fourth-order valence-electron chi connectivity index (χ4n) is 1.23. The van der Waals surface area contributed by atoms with Crippen molar-refractivity contribution in [2.45, 2.75) is 0 Å². The Bertz CT molecular complexity index is 482. The molecule has 0 aliphatic rings. The summed E-state index contributed by atoms with van der Waals surface area (Å²) in [6, 6.07) is 6.46. The smallest absolute Gasteiger partial charge is 0.253 e. The van der Waals surface area contributed by atoms with E-state index >= 15 is 0 Å². The van der Waals surface area contributed by atoms with Gasteiger partial charge in [0.25, 0.3) is 5.78 Å². The lowest BCUT2D eigenvalue weighted by molar-refractivity contribution is 0.103. The van der Waals surface area contributed by atoms with Crippen molar-refractivity contribution in [3.63, 3.8) is 0 Å². The van der Waals surface area contributed by atoms with Gasteiger partial charge in [0.2, 0.25) is 0 Å². The van der Waals surface area contributed by atoms with E-state index in [-0.39, 0.29) is 17.3 Å². The van der Waals surface area contributed by atoms with Crippen molar-refractivity contribution < 1.29 is 18.5 Å². The molecule has 0 saturated heterocycles. The molecule has 0 atom stereocenters. The number of ketones is 1. The first-order chi connectivity index (χ1) is 7.83. The monoisotopic (exact) mass is 219 g/mol. The van der Waals surface area contributed by atoms with E-state index in [9.17, 15) is 4.79 Å². The van der Waals surface area contributed by atoms with Crippen LogP contribution in [0.15, 0.2) is 50.8 Å². The molecule has 0 spiro atoms. The summed E-state index contributed by atoms with van der Waals surface area (Å²) in [5, 5.41) is 3.64. The lowest BCUT2D eigenvalue weighted by Gasteiger charge is -1.98. The Morgan fingerprint density at radius 2 is 1.81 bits per heavy atom. The average Bonchev–Trinajstić information content (AvgIpc) is 2.96. The van der Waals surface area contributed by atoms with Crippen LogP contribution in [-0.4, -0.2) is 18.6 Å². The summed E-state index contributed by atoms with van der Waals surface area (Å²) < 4.78 is 10.1. The molecule has 0 amide bonds. The van der Waals surface area contributed by atoms with E-state index in [4.69, 9.17) is 8.83 Å². The lowest BCUT2D eigenvalue weighted by atomic mass is 10.1. The lowest BCUT2D eigenvalue weighted by Crippen LogP contribution is -2.14. The van der Waals surface area contributed by atoms with Crippen molar-refractivity contribution in [1.82, 2.24) is 0 Å². The molecule has 0 bridgehead atoms. The molecule has 0 unspecified atom stereocenters. The summed E-state index contributed by atoms with van der Waals surface area (Å²) >= 11 is 0. The molecule has 0 radical (unpaired) electrons. The van der Waals surface area contributed by atoms with Gasteiger partial charge in [0.1, 0.15) is 7.11 Å². The molecule has 0 aromatic carbocycles. The van der Waals surface area contributed by atoms with Crippen LogP contribution in [0.3, 0.4) is 0 Å². The minimum Gasteiger partial charge on any atom is -0.462 e. The van der Waals surface area contributed by atoms with Crippen molar-refractivity contribution in [2.24, 2.45) is 5.16 Å². The zero-order valence-electron chi connectivity index (χ0n) is 8.54. The van der Waals surface area contributed by atoms with Gasteiger partial charge >= 0.3 is 0 Å².